The Morgan fingerprint density at radius 2 is 2.26 bits per heavy atom. The first-order valence-corrected chi connectivity index (χ1v) is 6.79. The Morgan fingerprint density at radius 3 is 3.11 bits per heavy atom. The Labute approximate surface area is 113 Å². The molecule has 0 amide bonds. The summed E-state index contributed by atoms with van der Waals surface area (Å²) < 4.78 is 0. The van der Waals surface area contributed by atoms with Crippen molar-refractivity contribution in [2.45, 2.75) is 38.2 Å². The van der Waals surface area contributed by atoms with Crippen molar-refractivity contribution in [1.82, 2.24) is 9.97 Å². The lowest BCUT2D eigenvalue weighted by atomic mass is 9.81. The van der Waals surface area contributed by atoms with Gasteiger partial charge in [-0.05, 0) is 48.9 Å². The van der Waals surface area contributed by atoms with E-state index in [2.05, 4.69) is 16.0 Å². The van der Waals surface area contributed by atoms with Crippen LogP contribution in [-0.4, -0.2) is 15.1 Å². The number of hydrogen-bond donors (Lipinski definition) is 1. The molecule has 2 aromatic heterocycles. The number of aromatic nitrogens is 2. The fourth-order valence-electron chi connectivity index (χ4n) is 2.93. The van der Waals surface area contributed by atoms with Crippen LogP contribution in [0.2, 0.25) is 0 Å². The van der Waals surface area contributed by atoms with Crippen molar-refractivity contribution >= 4 is 0 Å². The molecule has 1 N–H and O–H groups in total. The van der Waals surface area contributed by atoms with E-state index in [4.69, 9.17) is 0 Å². The SMILES string of the molecule is Cc1cncc(C(O)C2CCCc3cccnc32)c1. The molecule has 1 aliphatic carbocycles. The quantitative estimate of drug-likeness (QED) is 0.896. The maximum absolute atomic E-state index is 10.6. The molecule has 0 spiro atoms. The van der Waals surface area contributed by atoms with Crippen LogP contribution in [0, 0.1) is 6.92 Å². The van der Waals surface area contributed by atoms with E-state index in [1.165, 1.54) is 5.56 Å². The van der Waals surface area contributed by atoms with Crippen molar-refractivity contribution in [3.63, 3.8) is 0 Å². The van der Waals surface area contributed by atoms with E-state index in [1.807, 2.05) is 31.5 Å². The predicted molar refractivity (Wildman–Crippen MR) is 73.8 cm³/mol. The number of pyridine rings is 2. The Hall–Kier alpha value is -1.74. The zero-order chi connectivity index (χ0) is 13.2. The summed E-state index contributed by atoms with van der Waals surface area (Å²) in [5.41, 5.74) is 4.30. The highest BCUT2D eigenvalue weighted by atomic mass is 16.3. The summed E-state index contributed by atoms with van der Waals surface area (Å²) in [6.07, 6.45) is 8.04. The van der Waals surface area contributed by atoms with E-state index in [0.29, 0.717) is 0 Å². The second-order valence-corrected chi connectivity index (χ2v) is 5.29. The monoisotopic (exact) mass is 254 g/mol. The van der Waals surface area contributed by atoms with Crippen LogP contribution < -0.4 is 0 Å². The smallest absolute Gasteiger partial charge is 0.0888 e. The molecule has 2 atom stereocenters. The summed E-state index contributed by atoms with van der Waals surface area (Å²) in [5, 5.41) is 10.6. The van der Waals surface area contributed by atoms with E-state index in [9.17, 15) is 5.11 Å². The van der Waals surface area contributed by atoms with Gasteiger partial charge in [0.1, 0.15) is 0 Å². The molecular weight excluding hydrogens is 236 g/mol. The molecule has 0 radical (unpaired) electrons. The molecule has 0 saturated heterocycles. The Morgan fingerprint density at radius 1 is 1.37 bits per heavy atom. The second-order valence-electron chi connectivity index (χ2n) is 5.29. The summed E-state index contributed by atoms with van der Waals surface area (Å²) in [6.45, 7) is 2.00. The molecule has 98 valence electrons. The molecule has 0 aromatic carbocycles. The molecule has 1 aliphatic rings. The van der Waals surface area contributed by atoms with Crippen molar-refractivity contribution in [2.24, 2.45) is 0 Å². The lowest BCUT2D eigenvalue weighted by molar-refractivity contribution is 0.133. The zero-order valence-electron chi connectivity index (χ0n) is 11.1. The number of nitrogens with zero attached hydrogens (tertiary/aromatic N) is 2. The minimum absolute atomic E-state index is 0.0912. The van der Waals surface area contributed by atoms with Crippen LogP contribution in [0.3, 0.4) is 0 Å². The normalized spacial score (nSPS) is 19.8. The number of rotatable bonds is 2. The van der Waals surface area contributed by atoms with Crippen LogP contribution in [0.1, 0.15) is 47.2 Å². The fourth-order valence-corrected chi connectivity index (χ4v) is 2.93. The number of fused-ring (bicyclic) bond motifs is 1. The van der Waals surface area contributed by atoms with E-state index in [-0.39, 0.29) is 5.92 Å². The van der Waals surface area contributed by atoms with Gasteiger partial charge in [-0.25, -0.2) is 0 Å². The van der Waals surface area contributed by atoms with Gasteiger partial charge in [-0.3, -0.25) is 9.97 Å². The van der Waals surface area contributed by atoms with Crippen LogP contribution in [0.15, 0.2) is 36.8 Å². The van der Waals surface area contributed by atoms with Crippen LogP contribution in [0.25, 0.3) is 0 Å². The summed E-state index contributed by atoms with van der Waals surface area (Å²) in [6, 6.07) is 6.10. The van der Waals surface area contributed by atoms with Gasteiger partial charge in [-0.2, -0.15) is 0 Å². The van der Waals surface area contributed by atoms with Crippen LogP contribution in [-0.2, 0) is 6.42 Å². The van der Waals surface area contributed by atoms with Crippen molar-refractivity contribution < 1.29 is 5.11 Å². The molecule has 0 saturated carbocycles. The Balaban J connectivity index is 1.95. The summed E-state index contributed by atoms with van der Waals surface area (Å²) in [5.74, 6) is 0.0912. The van der Waals surface area contributed by atoms with Crippen LogP contribution in [0.5, 0.6) is 0 Å². The van der Waals surface area contributed by atoms with E-state index < -0.39 is 6.10 Å². The molecule has 2 unspecified atom stereocenters. The van der Waals surface area contributed by atoms with Gasteiger partial charge in [0.05, 0.1) is 6.10 Å². The average molecular weight is 254 g/mol. The average Bonchev–Trinajstić information content (AvgIpc) is 2.46. The molecule has 2 aromatic rings. The molecule has 0 aliphatic heterocycles. The standard InChI is InChI=1S/C16H18N2O/c1-11-8-13(10-17-9-11)16(19)14-6-2-4-12-5-3-7-18-15(12)14/h3,5,7-10,14,16,19H,2,4,6H2,1H3. The Bertz CT molecular complexity index is 582. The fraction of sp³-hybridized carbons (Fsp3) is 0.375. The van der Waals surface area contributed by atoms with Gasteiger partial charge in [-0.1, -0.05) is 12.1 Å². The third-order valence-corrected chi connectivity index (χ3v) is 3.86. The maximum atomic E-state index is 10.6. The van der Waals surface area contributed by atoms with E-state index in [1.54, 1.807) is 6.20 Å². The molecule has 3 rings (SSSR count). The maximum Gasteiger partial charge on any atom is 0.0888 e. The van der Waals surface area contributed by atoms with Gasteiger partial charge in [0.15, 0.2) is 0 Å². The summed E-state index contributed by atoms with van der Waals surface area (Å²) in [7, 11) is 0. The second kappa shape index (κ2) is 5.10. The van der Waals surface area contributed by atoms with Crippen molar-refractivity contribution in [3.05, 3.63) is 59.2 Å². The van der Waals surface area contributed by atoms with Gasteiger partial charge in [0, 0.05) is 30.2 Å². The number of aryl methyl sites for hydroxylation is 2. The predicted octanol–water partition coefficient (Wildman–Crippen LogP) is 2.94. The topological polar surface area (TPSA) is 46.0 Å². The summed E-state index contributed by atoms with van der Waals surface area (Å²) >= 11 is 0. The van der Waals surface area contributed by atoms with Gasteiger partial charge in [0.25, 0.3) is 0 Å². The third kappa shape index (κ3) is 2.38. The van der Waals surface area contributed by atoms with Gasteiger partial charge >= 0.3 is 0 Å². The molecular formula is C16H18N2O. The van der Waals surface area contributed by atoms with Crippen molar-refractivity contribution in [1.29, 1.82) is 0 Å². The van der Waals surface area contributed by atoms with Gasteiger partial charge in [-0.15, -0.1) is 0 Å². The molecule has 3 heteroatoms. The molecule has 0 bridgehead atoms. The van der Waals surface area contributed by atoms with E-state index >= 15 is 0 Å². The van der Waals surface area contributed by atoms with E-state index in [0.717, 1.165) is 36.1 Å². The van der Waals surface area contributed by atoms with Crippen LogP contribution in [0.4, 0.5) is 0 Å². The minimum Gasteiger partial charge on any atom is -0.388 e. The highest BCUT2D eigenvalue weighted by Crippen LogP contribution is 2.38. The molecule has 3 nitrogen and oxygen atoms in total. The molecule has 2 heterocycles. The first-order chi connectivity index (χ1) is 9.25. The van der Waals surface area contributed by atoms with Crippen molar-refractivity contribution in [3.8, 4) is 0 Å². The van der Waals surface area contributed by atoms with Crippen LogP contribution >= 0.6 is 0 Å². The number of hydrogen-bond acceptors (Lipinski definition) is 3. The first-order valence-electron chi connectivity index (χ1n) is 6.79. The first kappa shape index (κ1) is 12.3. The Kier molecular flexibility index (Phi) is 3.30. The summed E-state index contributed by atoms with van der Waals surface area (Å²) in [4.78, 5) is 8.66. The highest BCUT2D eigenvalue weighted by Gasteiger charge is 2.28. The number of aliphatic hydroxyl groups excluding tert-OH is 1. The van der Waals surface area contributed by atoms with Crippen molar-refractivity contribution in [2.75, 3.05) is 0 Å². The molecule has 0 fully saturated rings. The number of aliphatic hydroxyl groups is 1. The lowest BCUT2D eigenvalue weighted by Crippen LogP contribution is -2.18. The van der Waals surface area contributed by atoms with Gasteiger partial charge < -0.3 is 5.11 Å². The minimum atomic E-state index is -0.513. The zero-order valence-corrected chi connectivity index (χ0v) is 11.1. The largest absolute Gasteiger partial charge is 0.388 e. The van der Waals surface area contributed by atoms with Gasteiger partial charge in [0.2, 0.25) is 0 Å². The third-order valence-electron chi connectivity index (χ3n) is 3.86. The lowest BCUT2D eigenvalue weighted by Gasteiger charge is -2.28. The highest BCUT2D eigenvalue weighted by molar-refractivity contribution is 5.30. The molecule has 19 heavy (non-hydrogen) atoms.